The number of amides is 1. The molecule has 2 aromatic carbocycles. The van der Waals surface area contributed by atoms with Crippen LogP contribution < -0.4 is 10.1 Å². The van der Waals surface area contributed by atoms with Gasteiger partial charge < -0.3 is 10.1 Å². The van der Waals surface area contributed by atoms with Crippen LogP contribution in [0.25, 0.3) is 0 Å². The SMILES string of the molecule is CCC(C)c1ccccc1NC(=O)c1ccc(OC(C)C)cc1. The Bertz CT molecular complexity index is 647. The van der Waals surface area contributed by atoms with Crippen LogP contribution >= 0.6 is 0 Å². The molecule has 0 bridgehead atoms. The third-order valence-electron chi connectivity index (χ3n) is 3.84. The molecule has 0 saturated carbocycles. The minimum absolute atomic E-state index is 0.100. The van der Waals surface area contributed by atoms with E-state index in [0.717, 1.165) is 17.9 Å². The van der Waals surface area contributed by atoms with E-state index in [4.69, 9.17) is 4.74 Å². The van der Waals surface area contributed by atoms with Gasteiger partial charge in [-0.15, -0.1) is 0 Å². The number of nitrogens with one attached hydrogen (secondary N) is 1. The second-order valence-corrected chi connectivity index (χ2v) is 6.04. The van der Waals surface area contributed by atoms with Crippen molar-refractivity contribution in [2.45, 2.75) is 46.1 Å². The molecule has 0 heterocycles. The van der Waals surface area contributed by atoms with E-state index < -0.39 is 0 Å². The standard InChI is InChI=1S/C20H25NO2/c1-5-15(4)18-8-6-7-9-19(18)21-20(22)16-10-12-17(13-11-16)23-14(2)3/h6-15H,5H2,1-4H3,(H,21,22). The van der Waals surface area contributed by atoms with Crippen molar-refractivity contribution in [2.75, 3.05) is 5.32 Å². The normalized spacial score (nSPS) is 12.0. The molecule has 23 heavy (non-hydrogen) atoms. The monoisotopic (exact) mass is 311 g/mol. The maximum Gasteiger partial charge on any atom is 0.255 e. The summed E-state index contributed by atoms with van der Waals surface area (Å²) in [5.74, 6) is 1.08. The summed E-state index contributed by atoms with van der Waals surface area (Å²) in [6.45, 7) is 8.28. The minimum atomic E-state index is -0.100. The quantitative estimate of drug-likeness (QED) is 0.792. The number of hydrogen-bond acceptors (Lipinski definition) is 2. The summed E-state index contributed by atoms with van der Waals surface area (Å²) in [5, 5.41) is 3.02. The maximum atomic E-state index is 12.5. The van der Waals surface area contributed by atoms with Gasteiger partial charge in [-0.2, -0.15) is 0 Å². The molecule has 0 fully saturated rings. The maximum absolute atomic E-state index is 12.5. The van der Waals surface area contributed by atoms with Gasteiger partial charge in [0, 0.05) is 11.3 Å². The number of benzene rings is 2. The Morgan fingerprint density at radius 3 is 2.30 bits per heavy atom. The highest BCUT2D eigenvalue weighted by molar-refractivity contribution is 6.04. The van der Waals surface area contributed by atoms with Gasteiger partial charge in [0.1, 0.15) is 5.75 Å². The summed E-state index contributed by atoms with van der Waals surface area (Å²) >= 11 is 0. The number of ether oxygens (including phenoxy) is 1. The summed E-state index contributed by atoms with van der Waals surface area (Å²) in [6.07, 6.45) is 1.16. The van der Waals surface area contributed by atoms with Crippen molar-refractivity contribution in [3.05, 3.63) is 59.7 Å². The molecule has 0 radical (unpaired) electrons. The van der Waals surface area contributed by atoms with Crippen LogP contribution in [-0.4, -0.2) is 12.0 Å². The molecule has 3 heteroatoms. The Morgan fingerprint density at radius 2 is 1.70 bits per heavy atom. The van der Waals surface area contributed by atoms with Crippen LogP contribution in [0.5, 0.6) is 5.75 Å². The van der Waals surface area contributed by atoms with Crippen LogP contribution in [0.3, 0.4) is 0 Å². The molecular formula is C20H25NO2. The van der Waals surface area contributed by atoms with Crippen molar-refractivity contribution in [3.8, 4) is 5.75 Å². The largest absolute Gasteiger partial charge is 0.491 e. The van der Waals surface area contributed by atoms with Gasteiger partial charge in [-0.1, -0.05) is 32.0 Å². The van der Waals surface area contributed by atoms with Gasteiger partial charge in [0.2, 0.25) is 0 Å². The zero-order valence-corrected chi connectivity index (χ0v) is 14.3. The molecule has 0 aromatic heterocycles. The first-order valence-corrected chi connectivity index (χ1v) is 8.18. The topological polar surface area (TPSA) is 38.3 Å². The second-order valence-electron chi connectivity index (χ2n) is 6.04. The molecular weight excluding hydrogens is 286 g/mol. The highest BCUT2D eigenvalue weighted by Gasteiger charge is 2.12. The van der Waals surface area contributed by atoms with E-state index in [1.165, 1.54) is 5.56 Å². The Labute approximate surface area is 138 Å². The zero-order chi connectivity index (χ0) is 16.8. The van der Waals surface area contributed by atoms with E-state index in [1.807, 2.05) is 44.2 Å². The highest BCUT2D eigenvalue weighted by atomic mass is 16.5. The second kappa shape index (κ2) is 7.82. The van der Waals surface area contributed by atoms with E-state index in [9.17, 15) is 4.79 Å². The van der Waals surface area contributed by atoms with Crippen molar-refractivity contribution in [1.82, 2.24) is 0 Å². The molecule has 0 aliphatic rings. The van der Waals surface area contributed by atoms with Gasteiger partial charge in [0.25, 0.3) is 5.91 Å². The van der Waals surface area contributed by atoms with Gasteiger partial charge in [-0.3, -0.25) is 4.79 Å². The number of rotatable bonds is 6. The van der Waals surface area contributed by atoms with Crippen LogP contribution in [-0.2, 0) is 0 Å². The Hall–Kier alpha value is -2.29. The minimum Gasteiger partial charge on any atom is -0.491 e. The summed E-state index contributed by atoms with van der Waals surface area (Å²) < 4.78 is 5.60. The lowest BCUT2D eigenvalue weighted by Gasteiger charge is -2.16. The van der Waals surface area contributed by atoms with Crippen LogP contribution in [0.1, 0.15) is 56.0 Å². The van der Waals surface area contributed by atoms with Gasteiger partial charge in [-0.05, 0) is 62.1 Å². The zero-order valence-electron chi connectivity index (χ0n) is 14.3. The van der Waals surface area contributed by atoms with Gasteiger partial charge in [0.15, 0.2) is 0 Å². The molecule has 0 saturated heterocycles. The first-order chi connectivity index (χ1) is 11.0. The Morgan fingerprint density at radius 1 is 1.04 bits per heavy atom. The Balaban J connectivity index is 2.13. The number of hydrogen-bond donors (Lipinski definition) is 1. The summed E-state index contributed by atoms with van der Waals surface area (Å²) in [6, 6.07) is 15.2. The molecule has 0 spiro atoms. The molecule has 0 aliphatic heterocycles. The predicted molar refractivity (Wildman–Crippen MR) is 95.3 cm³/mol. The summed E-state index contributed by atoms with van der Waals surface area (Å²) in [7, 11) is 0. The average Bonchev–Trinajstić information content (AvgIpc) is 2.54. The van der Waals surface area contributed by atoms with Crippen molar-refractivity contribution in [2.24, 2.45) is 0 Å². The van der Waals surface area contributed by atoms with Crippen LogP contribution in [0, 0.1) is 0 Å². The van der Waals surface area contributed by atoms with Crippen LogP contribution in [0.4, 0.5) is 5.69 Å². The van der Waals surface area contributed by atoms with E-state index in [2.05, 4.69) is 25.2 Å². The first kappa shape index (κ1) is 17.1. The Kier molecular flexibility index (Phi) is 5.80. The smallest absolute Gasteiger partial charge is 0.255 e. The first-order valence-electron chi connectivity index (χ1n) is 8.18. The molecule has 1 N–H and O–H groups in total. The molecule has 122 valence electrons. The third-order valence-corrected chi connectivity index (χ3v) is 3.84. The van der Waals surface area contributed by atoms with Gasteiger partial charge in [-0.25, -0.2) is 0 Å². The molecule has 0 aliphatic carbocycles. The highest BCUT2D eigenvalue weighted by Crippen LogP contribution is 2.27. The molecule has 3 nitrogen and oxygen atoms in total. The molecule has 1 unspecified atom stereocenters. The van der Waals surface area contributed by atoms with Gasteiger partial charge in [0.05, 0.1) is 6.10 Å². The van der Waals surface area contributed by atoms with Gasteiger partial charge >= 0.3 is 0 Å². The van der Waals surface area contributed by atoms with E-state index in [-0.39, 0.29) is 12.0 Å². The lowest BCUT2D eigenvalue weighted by Crippen LogP contribution is -2.14. The predicted octanol–water partition coefficient (Wildman–Crippen LogP) is 5.24. The van der Waals surface area contributed by atoms with Crippen molar-refractivity contribution >= 4 is 11.6 Å². The fraction of sp³-hybridized carbons (Fsp3) is 0.350. The number of carbonyl (C=O) groups excluding carboxylic acids is 1. The lowest BCUT2D eigenvalue weighted by molar-refractivity contribution is 0.102. The fourth-order valence-electron chi connectivity index (χ4n) is 2.41. The summed E-state index contributed by atoms with van der Waals surface area (Å²) in [4.78, 5) is 12.5. The summed E-state index contributed by atoms with van der Waals surface area (Å²) in [5.41, 5.74) is 2.68. The van der Waals surface area contributed by atoms with Crippen molar-refractivity contribution in [3.63, 3.8) is 0 Å². The molecule has 2 aromatic rings. The molecule has 2 rings (SSSR count). The van der Waals surface area contributed by atoms with E-state index >= 15 is 0 Å². The van der Waals surface area contributed by atoms with Crippen molar-refractivity contribution < 1.29 is 9.53 Å². The molecule has 1 atom stereocenters. The van der Waals surface area contributed by atoms with E-state index in [1.54, 1.807) is 12.1 Å². The number of para-hydroxylation sites is 1. The fourth-order valence-corrected chi connectivity index (χ4v) is 2.41. The van der Waals surface area contributed by atoms with Crippen LogP contribution in [0.2, 0.25) is 0 Å². The number of carbonyl (C=O) groups is 1. The average molecular weight is 311 g/mol. The number of anilines is 1. The molecule has 1 amide bonds. The van der Waals surface area contributed by atoms with E-state index in [0.29, 0.717) is 11.5 Å². The third kappa shape index (κ3) is 4.59. The van der Waals surface area contributed by atoms with Crippen molar-refractivity contribution in [1.29, 1.82) is 0 Å². The van der Waals surface area contributed by atoms with Crippen LogP contribution in [0.15, 0.2) is 48.5 Å². The lowest BCUT2D eigenvalue weighted by atomic mass is 9.97.